The molecular formula is C16H20ClNO2. The van der Waals surface area contributed by atoms with Crippen LogP contribution >= 0.6 is 11.6 Å². The first-order valence-corrected chi connectivity index (χ1v) is 7.03. The average molecular weight is 294 g/mol. The highest BCUT2D eigenvalue weighted by molar-refractivity contribution is 6.30. The number of nitrogens with one attached hydrogen (secondary N) is 1. The smallest absolute Gasteiger partial charge is 0.217 e. The number of ether oxygens (including phenoxy) is 1. The van der Waals surface area contributed by atoms with Gasteiger partial charge in [-0.1, -0.05) is 29.7 Å². The van der Waals surface area contributed by atoms with Crippen molar-refractivity contribution in [3.05, 3.63) is 34.9 Å². The molecule has 0 atom stereocenters. The molecule has 1 N–H and O–H groups in total. The topological polar surface area (TPSA) is 38.3 Å². The molecule has 1 aliphatic carbocycles. The van der Waals surface area contributed by atoms with Gasteiger partial charge in [0.1, 0.15) is 0 Å². The molecule has 4 heteroatoms. The summed E-state index contributed by atoms with van der Waals surface area (Å²) < 4.78 is 5.66. The van der Waals surface area contributed by atoms with Gasteiger partial charge in [0, 0.05) is 11.9 Å². The van der Waals surface area contributed by atoms with Gasteiger partial charge in [-0.15, -0.1) is 6.42 Å². The van der Waals surface area contributed by atoms with Gasteiger partial charge in [0.15, 0.2) is 0 Å². The Hall–Kier alpha value is -1.50. The largest absolute Gasteiger partial charge is 0.374 e. The van der Waals surface area contributed by atoms with Gasteiger partial charge >= 0.3 is 0 Å². The quantitative estimate of drug-likeness (QED) is 0.866. The van der Waals surface area contributed by atoms with Crippen molar-refractivity contribution in [3.63, 3.8) is 0 Å². The molecule has 1 fully saturated rings. The lowest BCUT2D eigenvalue weighted by atomic mass is 9.96. The molecule has 0 heterocycles. The number of hydrogen-bond donors (Lipinski definition) is 1. The summed E-state index contributed by atoms with van der Waals surface area (Å²) in [6.07, 6.45) is 9.11. The predicted octanol–water partition coefficient (Wildman–Crippen LogP) is 3.16. The van der Waals surface area contributed by atoms with Crippen LogP contribution in [0.4, 0.5) is 0 Å². The van der Waals surface area contributed by atoms with E-state index in [-0.39, 0.29) is 5.91 Å². The number of amides is 1. The second-order valence-corrected chi connectivity index (χ2v) is 5.04. The van der Waals surface area contributed by atoms with Crippen molar-refractivity contribution in [2.24, 2.45) is 0 Å². The third kappa shape index (κ3) is 7.18. The Morgan fingerprint density at radius 2 is 2.10 bits per heavy atom. The minimum atomic E-state index is -0.0852. The van der Waals surface area contributed by atoms with Crippen LogP contribution in [0.3, 0.4) is 0 Å². The van der Waals surface area contributed by atoms with Gasteiger partial charge in [0.05, 0.1) is 19.3 Å². The normalized spacial score (nSPS) is 13.4. The Labute approximate surface area is 125 Å². The van der Waals surface area contributed by atoms with E-state index in [9.17, 15) is 4.79 Å². The molecule has 0 aliphatic heterocycles. The van der Waals surface area contributed by atoms with Crippen LogP contribution in [-0.2, 0) is 16.1 Å². The van der Waals surface area contributed by atoms with E-state index in [2.05, 4.69) is 11.2 Å². The second-order valence-electron chi connectivity index (χ2n) is 4.60. The summed E-state index contributed by atoms with van der Waals surface area (Å²) in [6.45, 7) is 2.48. The van der Waals surface area contributed by atoms with Gasteiger partial charge in [0.2, 0.25) is 5.91 Å². The van der Waals surface area contributed by atoms with E-state index < -0.39 is 0 Å². The van der Waals surface area contributed by atoms with Crippen LogP contribution in [0.2, 0.25) is 5.02 Å². The molecule has 1 aliphatic rings. The van der Waals surface area contributed by atoms with Crippen molar-refractivity contribution in [3.8, 4) is 12.3 Å². The summed E-state index contributed by atoms with van der Waals surface area (Å²) in [6, 6.07) is 7.84. The van der Waals surface area contributed by atoms with Gasteiger partial charge in [-0.3, -0.25) is 4.79 Å². The number of carbonyl (C=O) groups excluding carboxylic acids is 1. The van der Waals surface area contributed by atoms with E-state index in [1.807, 2.05) is 24.3 Å². The Bertz CT molecular complexity index is 447. The zero-order chi connectivity index (χ0) is 14.8. The number of carbonyl (C=O) groups is 1. The molecule has 0 saturated heterocycles. The number of hydrogen-bond acceptors (Lipinski definition) is 2. The van der Waals surface area contributed by atoms with Gasteiger partial charge in [-0.25, -0.2) is 0 Å². The summed E-state index contributed by atoms with van der Waals surface area (Å²) in [7, 11) is 0. The molecular weight excluding hydrogens is 274 g/mol. The van der Waals surface area contributed by atoms with Crippen molar-refractivity contribution < 1.29 is 9.53 Å². The highest BCUT2D eigenvalue weighted by Gasteiger charge is 2.17. The Morgan fingerprint density at radius 1 is 1.45 bits per heavy atom. The van der Waals surface area contributed by atoms with Crippen molar-refractivity contribution in [1.82, 2.24) is 5.32 Å². The molecule has 1 saturated carbocycles. The maximum atomic E-state index is 10.00. The van der Waals surface area contributed by atoms with Crippen LogP contribution < -0.4 is 5.32 Å². The third-order valence-corrected chi connectivity index (χ3v) is 3.14. The van der Waals surface area contributed by atoms with Gasteiger partial charge in [-0.2, -0.15) is 0 Å². The molecule has 1 aromatic carbocycles. The first-order valence-electron chi connectivity index (χ1n) is 6.65. The van der Waals surface area contributed by atoms with Crippen LogP contribution in [0, 0.1) is 12.3 Å². The summed E-state index contributed by atoms with van der Waals surface area (Å²) in [5.74, 6) is 2.18. The summed E-state index contributed by atoms with van der Waals surface area (Å²) in [5.41, 5.74) is 1.20. The van der Waals surface area contributed by atoms with Gasteiger partial charge in [-0.05, 0) is 37.0 Å². The van der Waals surface area contributed by atoms with Crippen molar-refractivity contribution in [2.75, 3.05) is 6.54 Å². The Balaban J connectivity index is 0.000000246. The first-order chi connectivity index (χ1) is 9.61. The van der Waals surface area contributed by atoms with Crippen molar-refractivity contribution >= 4 is 17.5 Å². The zero-order valence-electron chi connectivity index (χ0n) is 11.7. The first kappa shape index (κ1) is 16.6. The molecule has 2 rings (SSSR count). The van der Waals surface area contributed by atoms with Crippen LogP contribution in [0.15, 0.2) is 24.3 Å². The zero-order valence-corrected chi connectivity index (χ0v) is 12.5. The minimum Gasteiger partial charge on any atom is -0.374 e. The van der Waals surface area contributed by atoms with E-state index in [1.165, 1.54) is 31.7 Å². The number of halogens is 1. The molecule has 0 unspecified atom stereocenters. The molecule has 0 spiro atoms. The Kier molecular flexibility index (Phi) is 7.79. The molecule has 1 aromatic rings. The van der Waals surface area contributed by atoms with Crippen LogP contribution in [-0.4, -0.2) is 18.6 Å². The van der Waals surface area contributed by atoms with Crippen molar-refractivity contribution in [1.29, 1.82) is 0 Å². The summed E-state index contributed by atoms with van der Waals surface area (Å²) in [5, 5.41) is 3.20. The Morgan fingerprint density at radius 3 is 2.50 bits per heavy atom. The maximum absolute atomic E-state index is 10.00. The van der Waals surface area contributed by atoms with Crippen LogP contribution in [0.25, 0.3) is 0 Å². The second kappa shape index (κ2) is 9.41. The molecule has 108 valence electrons. The lowest BCUT2D eigenvalue weighted by molar-refractivity contribution is -0.118. The maximum Gasteiger partial charge on any atom is 0.217 e. The van der Waals surface area contributed by atoms with Gasteiger partial charge < -0.3 is 10.1 Å². The number of benzene rings is 1. The lowest BCUT2D eigenvalue weighted by Crippen LogP contribution is -2.21. The highest BCUT2D eigenvalue weighted by atomic mass is 35.5. The van der Waals surface area contributed by atoms with E-state index in [0.717, 1.165) is 11.6 Å². The van der Waals surface area contributed by atoms with Crippen LogP contribution in [0.1, 0.15) is 31.7 Å². The third-order valence-electron chi connectivity index (χ3n) is 2.89. The van der Waals surface area contributed by atoms with E-state index in [1.54, 1.807) is 0 Å². The molecule has 3 nitrogen and oxygen atoms in total. The molecule has 20 heavy (non-hydrogen) atoms. The minimum absolute atomic E-state index is 0.0852. The van der Waals surface area contributed by atoms with Crippen LogP contribution in [0.5, 0.6) is 0 Å². The molecule has 0 bridgehead atoms. The average Bonchev–Trinajstić information content (AvgIpc) is 2.37. The summed E-state index contributed by atoms with van der Waals surface area (Å²) >= 11 is 5.77. The molecule has 1 amide bonds. The predicted molar refractivity (Wildman–Crippen MR) is 81.4 cm³/mol. The monoisotopic (exact) mass is 293 g/mol. The highest BCUT2D eigenvalue weighted by Crippen LogP contribution is 2.23. The fourth-order valence-corrected chi connectivity index (χ4v) is 1.63. The standard InChI is InChI=1S/C11H13ClO.C5H7NO/c12-10-6-4-9(5-7-10)8-13-11-2-1-3-11;1-3-4-6-5(2)7/h4-7,11H,1-3,8H2;1H,4H2,2H3,(H,6,7). The number of rotatable bonds is 4. The van der Waals surface area contributed by atoms with E-state index in [4.69, 9.17) is 22.8 Å². The van der Waals surface area contributed by atoms with E-state index >= 15 is 0 Å². The van der Waals surface area contributed by atoms with Gasteiger partial charge in [0.25, 0.3) is 0 Å². The fourth-order valence-electron chi connectivity index (χ4n) is 1.51. The lowest BCUT2D eigenvalue weighted by Gasteiger charge is -2.25. The van der Waals surface area contributed by atoms with E-state index in [0.29, 0.717) is 12.6 Å². The SMILES string of the molecule is C#CCNC(C)=O.Clc1ccc(COC2CCC2)cc1. The molecule has 0 radical (unpaired) electrons. The molecule has 0 aromatic heterocycles. The van der Waals surface area contributed by atoms with Crippen molar-refractivity contribution in [2.45, 2.75) is 38.9 Å². The fraction of sp³-hybridized carbons (Fsp3) is 0.438. The summed E-state index contributed by atoms with van der Waals surface area (Å²) in [4.78, 5) is 10.00. The number of terminal acetylenes is 1.